The van der Waals surface area contributed by atoms with Crippen LogP contribution >= 0.6 is 23.2 Å². The van der Waals surface area contributed by atoms with E-state index in [4.69, 9.17) is 23.2 Å². The molecule has 0 aliphatic heterocycles. The molecule has 1 N–H and O–H groups in total. The number of halogens is 2. The molecular weight excluding hydrogens is 453 g/mol. The predicted octanol–water partition coefficient (Wildman–Crippen LogP) is 3.37. The Morgan fingerprint density at radius 1 is 1.06 bits per heavy atom. The van der Waals surface area contributed by atoms with E-state index in [-0.39, 0.29) is 22.7 Å². The number of nitrogens with zero attached hydrogens (tertiary/aromatic N) is 4. The fourth-order valence-electron chi connectivity index (χ4n) is 3.45. The van der Waals surface area contributed by atoms with E-state index < -0.39 is 23.7 Å². The minimum absolute atomic E-state index is 0.210. The van der Waals surface area contributed by atoms with Crippen molar-refractivity contribution >= 4 is 46.0 Å². The molecule has 0 atom stereocenters. The highest BCUT2D eigenvalue weighted by Gasteiger charge is 2.20. The Morgan fingerprint density at radius 3 is 2.50 bits per heavy atom. The van der Waals surface area contributed by atoms with E-state index in [0.717, 1.165) is 10.1 Å². The third kappa shape index (κ3) is 4.19. The van der Waals surface area contributed by atoms with Crippen LogP contribution in [-0.4, -0.2) is 24.6 Å². The van der Waals surface area contributed by atoms with Gasteiger partial charge in [-0.1, -0.05) is 53.5 Å². The molecule has 32 heavy (non-hydrogen) atoms. The number of benzene rings is 2. The molecule has 0 aliphatic rings. The van der Waals surface area contributed by atoms with E-state index in [1.165, 1.54) is 17.0 Å². The summed E-state index contributed by atoms with van der Waals surface area (Å²) in [6, 6.07) is 14.0. The zero-order chi connectivity index (χ0) is 22.8. The Hall–Kier alpha value is -3.36. The standard InChI is InChI=1S/C22H19Cl2N5O3/c1-2-27-13-25-20-19(27)21(31)29(22(32)28(20)11-14-6-4-3-5-7-14)12-18(30)26-17-9-8-15(23)10-16(17)24/h3-10,13H,2,11-12H2,1H3,(H,26,30). The molecule has 8 nitrogen and oxygen atoms in total. The van der Waals surface area contributed by atoms with Gasteiger partial charge in [-0.15, -0.1) is 0 Å². The molecule has 164 valence electrons. The van der Waals surface area contributed by atoms with Crippen LogP contribution < -0.4 is 16.6 Å². The largest absolute Gasteiger partial charge is 0.333 e. The monoisotopic (exact) mass is 471 g/mol. The summed E-state index contributed by atoms with van der Waals surface area (Å²) >= 11 is 12.0. The maximum absolute atomic E-state index is 13.3. The molecule has 0 fully saturated rings. The van der Waals surface area contributed by atoms with E-state index in [1.807, 2.05) is 37.3 Å². The number of aromatic nitrogens is 4. The zero-order valence-electron chi connectivity index (χ0n) is 17.1. The van der Waals surface area contributed by atoms with Crippen molar-refractivity contribution in [1.29, 1.82) is 0 Å². The molecule has 10 heteroatoms. The van der Waals surface area contributed by atoms with Gasteiger partial charge in [0.1, 0.15) is 6.54 Å². The highest BCUT2D eigenvalue weighted by atomic mass is 35.5. The van der Waals surface area contributed by atoms with Crippen molar-refractivity contribution in [2.75, 3.05) is 5.32 Å². The van der Waals surface area contributed by atoms with Gasteiger partial charge in [-0.25, -0.2) is 14.3 Å². The van der Waals surface area contributed by atoms with E-state index in [0.29, 0.717) is 17.3 Å². The van der Waals surface area contributed by atoms with Gasteiger partial charge in [0.25, 0.3) is 5.56 Å². The highest BCUT2D eigenvalue weighted by molar-refractivity contribution is 6.36. The highest BCUT2D eigenvalue weighted by Crippen LogP contribution is 2.25. The molecule has 1 amide bonds. The number of nitrogens with one attached hydrogen (secondary N) is 1. The fourth-order valence-corrected chi connectivity index (χ4v) is 3.91. The molecule has 4 rings (SSSR count). The molecule has 0 radical (unpaired) electrons. The van der Waals surface area contributed by atoms with Gasteiger partial charge in [-0.3, -0.25) is 14.2 Å². The van der Waals surface area contributed by atoms with Gasteiger partial charge in [-0.2, -0.15) is 0 Å². The van der Waals surface area contributed by atoms with Crippen molar-refractivity contribution in [2.45, 2.75) is 26.6 Å². The SMILES string of the molecule is CCn1cnc2c1c(=O)n(CC(=O)Nc1ccc(Cl)cc1Cl)c(=O)n2Cc1ccccc1. The fraction of sp³-hybridized carbons (Fsp3) is 0.182. The summed E-state index contributed by atoms with van der Waals surface area (Å²) < 4.78 is 3.97. The summed E-state index contributed by atoms with van der Waals surface area (Å²) in [6.07, 6.45) is 1.52. The molecule has 0 saturated carbocycles. The van der Waals surface area contributed by atoms with Crippen LogP contribution in [0.1, 0.15) is 12.5 Å². The number of carbonyl (C=O) groups excluding carboxylic acids is 1. The van der Waals surface area contributed by atoms with Crippen LogP contribution in [0.4, 0.5) is 5.69 Å². The van der Waals surface area contributed by atoms with Crippen LogP contribution in [0.25, 0.3) is 11.2 Å². The minimum Gasteiger partial charge on any atom is -0.325 e. The van der Waals surface area contributed by atoms with Crippen molar-refractivity contribution in [3.8, 4) is 0 Å². The maximum atomic E-state index is 13.3. The summed E-state index contributed by atoms with van der Waals surface area (Å²) in [4.78, 5) is 43.4. The Kier molecular flexibility index (Phi) is 6.16. The number of imidazole rings is 1. The molecule has 0 unspecified atom stereocenters. The second-order valence-corrected chi connectivity index (χ2v) is 7.96. The van der Waals surface area contributed by atoms with E-state index in [9.17, 15) is 14.4 Å². The lowest BCUT2D eigenvalue weighted by molar-refractivity contribution is -0.116. The number of anilines is 1. The Bertz CT molecular complexity index is 1420. The molecule has 0 saturated heterocycles. The van der Waals surface area contributed by atoms with Crippen molar-refractivity contribution in [1.82, 2.24) is 18.7 Å². The summed E-state index contributed by atoms with van der Waals surface area (Å²) in [6.45, 7) is 2.09. The first-order valence-electron chi connectivity index (χ1n) is 9.86. The lowest BCUT2D eigenvalue weighted by Crippen LogP contribution is -2.43. The van der Waals surface area contributed by atoms with E-state index >= 15 is 0 Å². The Balaban J connectivity index is 1.77. The zero-order valence-corrected chi connectivity index (χ0v) is 18.6. The quantitative estimate of drug-likeness (QED) is 0.466. The molecule has 2 heterocycles. The van der Waals surface area contributed by atoms with E-state index in [1.54, 1.807) is 16.7 Å². The first-order chi connectivity index (χ1) is 15.4. The average Bonchev–Trinajstić information content (AvgIpc) is 3.21. The molecule has 0 spiro atoms. The number of rotatable bonds is 6. The second-order valence-electron chi connectivity index (χ2n) is 7.12. The summed E-state index contributed by atoms with van der Waals surface area (Å²) in [5.41, 5.74) is 0.544. The molecule has 0 aliphatic carbocycles. The average molecular weight is 472 g/mol. The number of hydrogen-bond acceptors (Lipinski definition) is 4. The number of fused-ring (bicyclic) bond motifs is 1. The number of hydrogen-bond donors (Lipinski definition) is 1. The normalized spacial score (nSPS) is 11.1. The smallest absolute Gasteiger partial charge is 0.325 e. The van der Waals surface area contributed by atoms with Gasteiger partial charge in [0.15, 0.2) is 11.2 Å². The molecule has 2 aromatic carbocycles. The van der Waals surface area contributed by atoms with Crippen molar-refractivity contribution in [3.05, 3.63) is 91.3 Å². The maximum Gasteiger partial charge on any atom is 0.333 e. The van der Waals surface area contributed by atoms with Crippen LogP contribution in [0.5, 0.6) is 0 Å². The van der Waals surface area contributed by atoms with Gasteiger partial charge >= 0.3 is 5.69 Å². The lowest BCUT2D eigenvalue weighted by atomic mass is 10.2. The third-order valence-electron chi connectivity index (χ3n) is 5.01. The van der Waals surface area contributed by atoms with Gasteiger partial charge < -0.3 is 9.88 Å². The first kappa shape index (κ1) is 21.9. The lowest BCUT2D eigenvalue weighted by Gasteiger charge is -2.13. The van der Waals surface area contributed by atoms with Crippen LogP contribution in [0.15, 0.2) is 64.4 Å². The van der Waals surface area contributed by atoms with Crippen molar-refractivity contribution in [3.63, 3.8) is 0 Å². The summed E-state index contributed by atoms with van der Waals surface area (Å²) in [7, 11) is 0. The van der Waals surface area contributed by atoms with E-state index in [2.05, 4.69) is 10.3 Å². The van der Waals surface area contributed by atoms with Gasteiger partial charge in [0.2, 0.25) is 5.91 Å². The molecule has 4 aromatic rings. The van der Waals surface area contributed by atoms with Gasteiger partial charge in [0, 0.05) is 11.6 Å². The second kappa shape index (κ2) is 9.02. The topological polar surface area (TPSA) is 90.9 Å². The van der Waals surface area contributed by atoms with Crippen molar-refractivity contribution < 1.29 is 4.79 Å². The molecular formula is C22H19Cl2N5O3. The van der Waals surface area contributed by atoms with Crippen LogP contribution in [0.2, 0.25) is 10.0 Å². The van der Waals surface area contributed by atoms with Crippen LogP contribution in [-0.2, 0) is 24.4 Å². The Labute approximate surface area is 192 Å². The van der Waals surface area contributed by atoms with Gasteiger partial charge in [0.05, 0.1) is 23.6 Å². The number of aryl methyl sites for hydroxylation is 1. The summed E-state index contributed by atoms with van der Waals surface area (Å²) in [5.74, 6) is -0.568. The third-order valence-corrected chi connectivity index (χ3v) is 5.56. The first-order valence-corrected chi connectivity index (χ1v) is 10.6. The molecule has 0 bridgehead atoms. The van der Waals surface area contributed by atoms with Crippen LogP contribution in [0, 0.1) is 0 Å². The Morgan fingerprint density at radius 2 is 1.81 bits per heavy atom. The summed E-state index contributed by atoms with van der Waals surface area (Å²) in [5, 5.41) is 3.29. The number of amides is 1. The number of carbonyl (C=O) groups is 1. The van der Waals surface area contributed by atoms with Crippen molar-refractivity contribution in [2.24, 2.45) is 0 Å². The van der Waals surface area contributed by atoms with Crippen LogP contribution in [0.3, 0.4) is 0 Å². The van der Waals surface area contributed by atoms with Gasteiger partial charge in [-0.05, 0) is 30.7 Å². The predicted molar refractivity (Wildman–Crippen MR) is 125 cm³/mol. The minimum atomic E-state index is -0.620. The molecule has 2 aromatic heterocycles.